The summed E-state index contributed by atoms with van der Waals surface area (Å²) in [6, 6.07) is 5.69. The highest BCUT2D eigenvalue weighted by Crippen LogP contribution is 2.28. The molecule has 10 nitrogen and oxygen atoms in total. The van der Waals surface area contributed by atoms with Gasteiger partial charge >= 0.3 is 0 Å². The van der Waals surface area contributed by atoms with Gasteiger partial charge in [-0.2, -0.15) is 5.10 Å². The molecule has 0 aliphatic heterocycles. The second kappa shape index (κ2) is 10.4. The minimum atomic E-state index is -0.452. The van der Waals surface area contributed by atoms with Crippen LogP contribution in [0.5, 0.6) is 0 Å². The molecule has 0 aliphatic carbocycles. The van der Waals surface area contributed by atoms with E-state index in [1.54, 1.807) is 25.9 Å². The normalized spacial score (nSPS) is 11.2. The Morgan fingerprint density at radius 3 is 2.48 bits per heavy atom. The van der Waals surface area contributed by atoms with Gasteiger partial charge in [0.15, 0.2) is 0 Å². The Morgan fingerprint density at radius 2 is 1.79 bits per heavy atom. The minimum Gasteiger partial charge on any atom is -0.444 e. The lowest BCUT2D eigenvalue weighted by molar-refractivity contribution is -0.120. The third-order valence-electron chi connectivity index (χ3n) is 5.48. The molecule has 0 unspecified atom stereocenters. The number of H-pyrrole nitrogens is 1. The zero-order chi connectivity index (χ0) is 24.1. The van der Waals surface area contributed by atoms with E-state index in [0.717, 1.165) is 16.8 Å². The van der Waals surface area contributed by atoms with Crippen molar-refractivity contribution in [3.63, 3.8) is 0 Å². The maximum atomic E-state index is 12.8. The van der Waals surface area contributed by atoms with Crippen molar-refractivity contribution in [2.75, 3.05) is 44.0 Å². The zero-order valence-electron chi connectivity index (χ0n) is 19.5. The Bertz CT molecular complexity index is 1230. The van der Waals surface area contributed by atoms with Crippen molar-refractivity contribution in [1.82, 2.24) is 15.1 Å². The highest BCUT2D eigenvalue weighted by molar-refractivity contribution is 6.02. The van der Waals surface area contributed by atoms with Crippen LogP contribution in [-0.4, -0.2) is 60.3 Å². The molecule has 3 rings (SSSR count). The van der Waals surface area contributed by atoms with E-state index >= 15 is 0 Å². The second-order valence-electron chi connectivity index (χ2n) is 7.92. The number of nitrogens with one attached hydrogen (secondary N) is 3. The number of aryl methyl sites for hydroxylation is 3. The number of fused-ring (bicyclic) bond motifs is 1. The standard InChI is InChI=1S/C23H29N5O5/c1-13-7-6-8-17(14(13)2)24-18(29)11-28(9-10-32-5)12-19(30)25-23-21-20(16(4)33-23)15(3)26-27-22(21)31/h6-8H,9-12H2,1-5H3,(H,24,29)(H,25,30)(H,27,31). The molecule has 33 heavy (non-hydrogen) atoms. The molecule has 3 aromatic rings. The summed E-state index contributed by atoms with van der Waals surface area (Å²) in [5, 5.41) is 12.7. The molecule has 1 aromatic carbocycles. The lowest BCUT2D eigenvalue weighted by Crippen LogP contribution is -2.40. The van der Waals surface area contributed by atoms with Crippen molar-refractivity contribution < 1.29 is 18.7 Å². The number of nitrogens with zero attached hydrogens (tertiary/aromatic N) is 2. The Morgan fingerprint density at radius 1 is 1.09 bits per heavy atom. The van der Waals surface area contributed by atoms with Crippen molar-refractivity contribution in [2.24, 2.45) is 0 Å². The van der Waals surface area contributed by atoms with Crippen LogP contribution in [0.25, 0.3) is 10.8 Å². The Hall–Kier alpha value is -3.50. The van der Waals surface area contributed by atoms with Crippen LogP contribution in [0.1, 0.15) is 22.6 Å². The van der Waals surface area contributed by atoms with Gasteiger partial charge in [0.25, 0.3) is 5.56 Å². The summed E-state index contributed by atoms with van der Waals surface area (Å²) >= 11 is 0. The first-order valence-electron chi connectivity index (χ1n) is 10.6. The van der Waals surface area contributed by atoms with E-state index in [1.807, 2.05) is 32.0 Å². The van der Waals surface area contributed by atoms with Gasteiger partial charge in [-0.1, -0.05) is 12.1 Å². The largest absolute Gasteiger partial charge is 0.444 e. The summed E-state index contributed by atoms with van der Waals surface area (Å²) < 4.78 is 10.8. The number of hydrogen-bond donors (Lipinski definition) is 3. The van der Waals surface area contributed by atoms with Crippen LogP contribution in [0.2, 0.25) is 0 Å². The molecule has 3 N–H and O–H groups in total. The quantitative estimate of drug-likeness (QED) is 0.451. The summed E-state index contributed by atoms with van der Waals surface area (Å²) in [5.74, 6) is -0.119. The number of anilines is 2. The predicted octanol–water partition coefficient (Wildman–Crippen LogP) is 2.28. The number of aromatic amines is 1. The highest BCUT2D eigenvalue weighted by atomic mass is 16.5. The van der Waals surface area contributed by atoms with Crippen LogP contribution in [0.15, 0.2) is 27.4 Å². The van der Waals surface area contributed by atoms with E-state index in [0.29, 0.717) is 30.0 Å². The van der Waals surface area contributed by atoms with Gasteiger partial charge in [0.1, 0.15) is 11.1 Å². The molecule has 0 saturated carbocycles. The number of hydrogen-bond acceptors (Lipinski definition) is 7. The maximum absolute atomic E-state index is 12.8. The lowest BCUT2D eigenvalue weighted by Gasteiger charge is -2.21. The van der Waals surface area contributed by atoms with Gasteiger partial charge in [-0.25, -0.2) is 5.10 Å². The van der Waals surface area contributed by atoms with Crippen LogP contribution >= 0.6 is 0 Å². The van der Waals surface area contributed by atoms with Gasteiger partial charge in [-0.15, -0.1) is 0 Å². The van der Waals surface area contributed by atoms with Crippen LogP contribution in [0, 0.1) is 27.7 Å². The summed E-state index contributed by atoms with van der Waals surface area (Å²) in [6.07, 6.45) is 0. The molecule has 2 aromatic heterocycles. The van der Waals surface area contributed by atoms with Crippen molar-refractivity contribution in [3.8, 4) is 0 Å². The Kier molecular flexibility index (Phi) is 7.62. The third kappa shape index (κ3) is 5.65. The average molecular weight is 456 g/mol. The fourth-order valence-electron chi connectivity index (χ4n) is 3.61. The minimum absolute atomic E-state index is 0.00823. The number of carbonyl (C=O) groups excluding carboxylic acids is 2. The SMILES string of the molecule is COCCN(CC(=O)Nc1cccc(C)c1C)CC(=O)Nc1oc(C)c2c(C)n[nH]c(=O)c12. The smallest absolute Gasteiger partial charge is 0.277 e. The number of methoxy groups -OCH3 is 1. The number of furan rings is 1. The number of ether oxygens (including phenoxy) is 1. The molecule has 0 spiro atoms. The number of amides is 2. The lowest BCUT2D eigenvalue weighted by atomic mass is 10.1. The molecule has 0 bridgehead atoms. The van der Waals surface area contributed by atoms with Gasteiger partial charge in [0.05, 0.1) is 30.8 Å². The number of rotatable bonds is 9. The van der Waals surface area contributed by atoms with Gasteiger partial charge in [-0.05, 0) is 44.9 Å². The summed E-state index contributed by atoms with van der Waals surface area (Å²) in [7, 11) is 1.55. The molecule has 0 saturated heterocycles. The van der Waals surface area contributed by atoms with Crippen LogP contribution in [0.4, 0.5) is 11.6 Å². The Labute approximate surface area is 191 Å². The molecule has 176 valence electrons. The van der Waals surface area contributed by atoms with Crippen LogP contribution < -0.4 is 16.2 Å². The first-order chi connectivity index (χ1) is 15.7. The maximum Gasteiger partial charge on any atom is 0.277 e. The van der Waals surface area contributed by atoms with Crippen LogP contribution in [0.3, 0.4) is 0 Å². The summed E-state index contributed by atoms with van der Waals surface area (Å²) in [5.41, 5.74) is 2.94. The zero-order valence-corrected chi connectivity index (χ0v) is 19.5. The van der Waals surface area contributed by atoms with Crippen LogP contribution in [-0.2, 0) is 14.3 Å². The summed E-state index contributed by atoms with van der Waals surface area (Å²) in [4.78, 5) is 39.3. The summed E-state index contributed by atoms with van der Waals surface area (Å²) in [6.45, 7) is 7.97. The topological polar surface area (TPSA) is 130 Å². The first-order valence-corrected chi connectivity index (χ1v) is 10.6. The molecular formula is C23H29N5O5. The van der Waals surface area contributed by atoms with Gasteiger partial charge in [-0.3, -0.25) is 24.6 Å². The van der Waals surface area contributed by atoms with E-state index in [2.05, 4.69) is 20.8 Å². The van der Waals surface area contributed by atoms with Crippen molar-refractivity contribution >= 4 is 34.2 Å². The van der Waals surface area contributed by atoms with Gasteiger partial charge in [0, 0.05) is 19.3 Å². The van der Waals surface area contributed by atoms with Gasteiger partial charge < -0.3 is 14.5 Å². The molecule has 2 amide bonds. The predicted molar refractivity (Wildman–Crippen MR) is 126 cm³/mol. The first kappa shape index (κ1) is 24.1. The fourth-order valence-corrected chi connectivity index (χ4v) is 3.61. The molecule has 0 atom stereocenters. The van der Waals surface area contributed by atoms with E-state index in [-0.39, 0.29) is 30.3 Å². The van der Waals surface area contributed by atoms with Crippen molar-refractivity contribution in [2.45, 2.75) is 27.7 Å². The molecule has 0 aliphatic rings. The fraction of sp³-hybridized carbons (Fsp3) is 0.391. The third-order valence-corrected chi connectivity index (χ3v) is 5.48. The van der Waals surface area contributed by atoms with E-state index < -0.39 is 11.5 Å². The monoisotopic (exact) mass is 455 g/mol. The molecule has 0 radical (unpaired) electrons. The molecule has 10 heteroatoms. The number of carbonyl (C=O) groups is 2. The van der Waals surface area contributed by atoms with Crippen molar-refractivity contribution in [3.05, 3.63) is 51.1 Å². The molecule has 2 heterocycles. The molecule has 0 fully saturated rings. The van der Waals surface area contributed by atoms with E-state index in [9.17, 15) is 14.4 Å². The van der Waals surface area contributed by atoms with E-state index in [4.69, 9.17) is 9.15 Å². The number of aromatic nitrogens is 2. The molecular weight excluding hydrogens is 426 g/mol. The average Bonchev–Trinajstić information content (AvgIpc) is 3.09. The Balaban J connectivity index is 1.71. The second-order valence-corrected chi connectivity index (χ2v) is 7.92. The number of benzene rings is 1. The van der Waals surface area contributed by atoms with E-state index in [1.165, 1.54) is 0 Å². The van der Waals surface area contributed by atoms with Gasteiger partial charge in [0.2, 0.25) is 17.7 Å². The van der Waals surface area contributed by atoms with Crippen molar-refractivity contribution in [1.29, 1.82) is 0 Å². The highest BCUT2D eigenvalue weighted by Gasteiger charge is 2.21.